The minimum atomic E-state index is -0.756. The van der Waals surface area contributed by atoms with Crippen molar-refractivity contribution in [2.24, 2.45) is 5.92 Å². The van der Waals surface area contributed by atoms with Crippen LogP contribution < -0.4 is 5.32 Å². The Morgan fingerprint density at radius 3 is 2.58 bits per heavy atom. The fraction of sp³-hybridized carbons (Fsp3) is 0.846. The summed E-state index contributed by atoms with van der Waals surface area (Å²) in [4.78, 5) is 26.8. The van der Waals surface area contributed by atoms with Crippen LogP contribution in [0.5, 0.6) is 0 Å². The van der Waals surface area contributed by atoms with E-state index in [1.165, 1.54) is 0 Å². The van der Waals surface area contributed by atoms with Gasteiger partial charge in [0.1, 0.15) is 0 Å². The van der Waals surface area contributed by atoms with Gasteiger partial charge in [0.2, 0.25) is 0 Å². The number of amides is 2. The maximum atomic E-state index is 12.1. The number of likely N-dealkylation sites (N-methyl/N-ethyl adjacent to an activating group) is 1. The van der Waals surface area contributed by atoms with E-state index in [1.807, 2.05) is 32.8 Å². The molecule has 0 radical (unpaired) electrons. The fourth-order valence-corrected chi connectivity index (χ4v) is 2.22. The lowest BCUT2D eigenvalue weighted by Gasteiger charge is -2.36. The van der Waals surface area contributed by atoms with Gasteiger partial charge < -0.3 is 20.2 Å². The average Bonchev–Trinajstić information content (AvgIpc) is 2.34. The van der Waals surface area contributed by atoms with Crippen LogP contribution in [0.25, 0.3) is 0 Å². The second-order valence-electron chi connectivity index (χ2n) is 5.60. The third-order valence-corrected chi connectivity index (χ3v) is 3.92. The molecule has 0 aromatic rings. The Morgan fingerprint density at radius 1 is 1.47 bits per heavy atom. The largest absolute Gasteiger partial charge is 0.481 e. The summed E-state index contributed by atoms with van der Waals surface area (Å²) in [5.41, 5.74) is 0. The van der Waals surface area contributed by atoms with E-state index in [0.717, 1.165) is 0 Å². The van der Waals surface area contributed by atoms with Gasteiger partial charge in [-0.3, -0.25) is 4.79 Å². The molecule has 19 heavy (non-hydrogen) atoms. The SMILES string of the molecule is CC(CNC(=O)N1CCC(C(=O)O)CC1C)N(C)C. The van der Waals surface area contributed by atoms with Crippen LogP contribution in [0.3, 0.4) is 0 Å². The van der Waals surface area contributed by atoms with E-state index < -0.39 is 5.97 Å². The number of hydrogen-bond donors (Lipinski definition) is 2. The quantitative estimate of drug-likeness (QED) is 0.794. The highest BCUT2D eigenvalue weighted by atomic mass is 16.4. The van der Waals surface area contributed by atoms with E-state index in [4.69, 9.17) is 5.11 Å². The van der Waals surface area contributed by atoms with E-state index in [1.54, 1.807) is 4.90 Å². The third kappa shape index (κ3) is 4.38. The number of carbonyl (C=O) groups excluding carboxylic acids is 1. The number of rotatable bonds is 4. The van der Waals surface area contributed by atoms with E-state index in [2.05, 4.69) is 5.32 Å². The van der Waals surface area contributed by atoms with Crippen molar-refractivity contribution in [1.82, 2.24) is 15.1 Å². The molecule has 2 N–H and O–H groups in total. The number of nitrogens with one attached hydrogen (secondary N) is 1. The zero-order valence-corrected chi connectivity index (χ0v) is 12.2. The van der Waals surface area contributed by atoms with Crippen molar-refractivity contribution in [3.05, 3.63) is 0 Å². The highest BCUT2D eigenvalue weighted by Crippen LogP contribution is 2.22. The molecule has 3 atom stereocenters. The number of aliphatic carboxylic acids is 1. The minimum Gasteiger partial charge on any atom is -0.481 e. The number of piperidine rings is 1. The smallest absolute Gasteiger partial charge is 0.317 e. The van der Waals surface area contributed by atoms with Gasteiger partial charge in [-0.1, -0.05) is 0 Å². The molecule has 1 saturated heterocycles. The van der Waals surface area contributed by atoms with Gasteiger partial charge in [-0.2, -0.15) is 0 Å². The number of carboxylic acid groups (broad SMARTS) is 1. The summed E-state index contributed by atoms with van der Waals surface area (Å²) in [6, 6.07) is 0.158. The fourth-order valence-electron chi connectivity index (χ4n) is 2.22. The summed E-state index contributed by atoms with van der Waals surface area (Å²) >= 11 is 0. The van der Waals surface area contributed by atoms with Crippen LogP contribution in [0.1, 0.15) is 26.7 Å². The molecular weight excluding hydrogens is 246 g/mol. The second kappa shape index (κ2) is 6.75. The Kier molecular flexibility index (Phi) is 5.60. The van der Waals surface area contributed by atoms with Gasteiger partial charge in [0.15, 0.2) is 0 Å². The first kappa shape index (κ1) is 15.8. The van der Waals surface area contributed by atoms with E-state index in [0.29, 0.717) is 25.9 Å². The van der Waals surface area contributed by atoms with Gasteiger partial charge in [-0.15, -0.1) is 0 Å². The molecule has 3 unspecified atom stereocenters. The molecule has 1 aliphatic rings. The van der Waals surface area contributed by atoms with Gasteiger partial charge in [0, 0.05) is 25.2 Å². The van der Waals surface area contributed by atoms with E-state index in [-0.39, 0.29) is 24.0 Å². The summed E-state index contributed by atoms with van der Waals surface area (Å²) < 4.78 is 0. The molecule has 0 spiro atoms. The van der Waals surface area contributed by atoms with Gasteiger partial charge in [-0.25, -0.2) is 4.79 Å². The predicted octanol–water partition coefficient (Wildman–Crippen LogP) is 0.831. The average molecular weight is 271 g/mol. The topological polar surface area (TPSA) is 72.9 Å². The second-order valence-corrected chi connectivity index (χ2v) is 5.60. The van der Waals surface area contributed by atoms with Gasteiger partial charge in [-0.05, 0) is 40.8 Å². The maximum Gasteiger partial charge on any atom is 0.317 e. The molecule has 0 saturated carbocycles. The Bertz CT molecular complexity index is 333. The maximum absolute atomic E-state index is 12.1. The van der Waals surface area contributed by atoms with Gasteiger partial charge >= 0.3 is 12.0 Å². The van der Waals surface area contributed by atoms with Crippen molar-refractivity contribution >= 4 is 12.0 Å². The Labute approximate surface area is 114 Å². The van der Waals surface area contributed by atoms with Crippen molar-refractivity contribution in [2.45, 2.75) is 38.8 Å². The normalized spacial score (nSPS) is 25.2. The van der Waals surface area contributed by atoms with Crippen LogP contribution in [-0.4, -0.2) is 66.2 Å². The summed E-state index contributed by atoms with van der Waals surface area (Å²) in [6.07, 6.45) is 1.07. The standard InChI is InChI=1S/C13H25N3O3/c1-9-7-11(12(17)18)5-6-16(9)13(19)14-8-10(2)15(3)4/h9-11H,5-8H2,1-4H3,(H,14,19)(H,17,18). The molecule has 0 bridgehead atoms. The summed E-state index contributed by atoms with van der Waals surface area (Å²) in [7, 11) is 3.94. The molecule has 1 aliphatic heterocycles. The molecule has 110 valence electrons. The number of carboxylic acids is 1. The summed E-state index contributed by atoms with van der Waals surface area (Å²) in [5.74, 6) is -1.08. The first-order valence-electron chi connectivity index (χ1n) is 6.76. The lowest BCUT2D eigenvalue weighted by molar-refractivity contribution is -0.143. The number of hydrogen-bond acceptors (Lipinski definition) is 3. The first-order valence-corrected chi connectivity index (χ1v) is 6.76. The van der Waals surface area contributed by atoms with Crippen LogP contribution in [0.2, 0.25) is 0 Å². The Morgan fingerprint density at radius 2 is 2.11 bits per heavy atom. The highest BCUT2D eigenvalue weighted by Gasteiger charge is 2.32. The van der Waals surface area contributed by atoms with E-state index >= 15 is 0 Å². The van der Waals surface area contributed by atoms with Gasteiger partial charge in [0.05, 0.1) is 5.92 Å². The van der Waals surface area contributed by atoms with Crippen molar-refractivity contribution in [1.29, 1.82) is 0 Å². The molecule has 0 aliphatic carbocycles. The Hall–Kier alpha value is -1.30. The zero-order valence-electron chi connectivity index (χ0n) is 12.2. The van der Waals surface area contributed by atoms with Crippen molar-refractivity contribution in [2.75, 3.05) is 27.2 Å². The molecule has 1 heterocycles. The predicted molar refractivity (Wildman–Crippen MR) is 73.1 cm³/mol. The van der Waals surface area contributed by atoms with Crippen LogP contribution >= 0.6 is 0 Å². The first-order chi connectivity index (χ1) is 8.82. The number of carbonyl (C=O) groups is 2. The summed E-state index contributed by atoms with van der Waals surface area (Å²) in [5, 5.41) is 11.9. The van der Waals surface area contributed by atoms with Crippen molar-refractivity contribution in [3.63, 3.8) is 0 Å². The monoisotopic (exact) mass is 271 g/mol. The van der Waals surface area contributed by atoms with Crippen LogP contribution in [-0.2, 0) is 4.79 Å². The lowest BCUT2D eigenvalue weighted by Crippen LogP contribution is -2.52. The zero-order chi connectivity index (χ0) is 14.6. The highest BCUT2D eigenvalue weighted by molar-refractivity contribution is 5.75. The number of nitrogens with zero attached hydrogens (tertiary/aromatic N) is 2. The molecule has 2 amide bonds. The van der Waals surface area contributed by atoms with Gasteiger partial charge in [0.25, 0.3) is 0 Å². The minimum absolute atomic E-state index is 0.0236. The van der Waals surface area contributed by atoms with Crippen LogP contribution in [0, 0.1) is 5.92 Å². The number of urea groups is 1. The van der Waals surface area contributed by atoms with Crippen LogP contribution in [0.15, 0.2) is 0 Å². The molecule has 6 heteroatoms. The molecular formula is C13H25N3O3. The molecule has 0 aromatic heterocycles. The number of likely N-dealkylation sites (tertiary alicyclic amines) is 1. The van der Waals surface area contributed by atoms with Crippen molar-refractivity contribution < 1.29 is 14.7 Å². The summed E-state index contributed by atoms with van der Waals surface area (Å²) in [6.45, 7) is 5.06. The Balaban J connectivity index is 2.44. The molecule has 0 aromatic carbocycles. The molecule has 1 rings (SSSR count). The van der Waals surface area contributed by atoms with Crippen LogP contribution in [0.4, 0.5) is 4.79 Å². The molecule has 1 fully saturated rings. The molecule has 6 nitrogen and oxygen atoms in total. The third-order valence-electron chi connectivity index (χ3n) is 3.92. The van der Waals surface area contributed by atoms with E-state index in [9.17, 15) is 9.59 Å². The van der Waals surface area contributed by atoms with Crippen molar-refractivity contribution in [3.8, 4) is 0 Å². The lowest BCUT2D eigenvalue weighted by atomic mass is 9.92.